The molecule has 0 atom stereocenters. The number of carbonyl (C=O) groups is 1. The van der Waals surface area contributed by atoms with Crippen molar-refractivity contribution < 1.29 is 10.1 Å². The molecule has 9 heavy (non-hydrogen) atoms. The van der Waals surface area contributed by atoms with Gasteiger partial charge in [-0.3, -0.25) is 5.32 Å². The minimum atomic E-state index is 0.354. The molecule has 0 unspecified atom stereocenters. The van der Waals surface area contributed by atoms with Gasteiger partial charge in [0.2, 0.25) is 0 Å². The Hall–Kier alpha value is -0.370. The lowest BCUT2D eigenvalue weighted by Crippen LogP contribution is -2.85. The molecular formula is C7H14NO+. The fraction of sp³-hybridized carbons (Fsp3) is 0.857. The topological polar surface area (TPSA) is 33.7 Å². The molecule has 1 aliphatic carbocycles. The van der Waals surface area contributed by atoms with Crippen LogP contribution in [0.15, 0.2) is 0 Å². The van der Waals surface area contributed by atoms with Crippen LogP contribution in [-0.4, -0.2) is 13.0 Å². The lowest BCUT2D eigenvalue weighted by molar-refractivity contribution is -0.542. The van der Waals surface area contributed by atoms with Crippen molar-refractivity contribution in [2.24, 2.45) is 5.92 Å². The van der Waals surface area contributed by atoms with Crippen molar-refractivity contribution in [2.45, 2.75) is 25.7 Å². The van der Waals surface area contributed by atoms with E-state index in [1.165, 1.54) is 12.8 Å². The van der Waals surface area contributed by atoms with Gasteiger partial charge in [-0.15, -0.1) is 0 Å². The number of primary amides is 1. The predicted octanol–water partition coefficient (Wildman–Crippen LogP) is -0.104. The molecule has 0 aromatic rings. The zero-order valence-electron chi connectivity index (χ0n) is 5.89. The average molecular weight is 128 g/mol. The lowest BCUT2D eigenvalue weighted by Gasteiger charge is -1.99. The van der Waals surface area contributed by atoms with Crippen LogP contribution in [0.2, 0.25) is 0 Å². The van der Waals surface area contributed by atoms with E-state index in [-0.39, 0.29) is 0 Å². The molecule has 0 saturated heterocycles. The summed E-state index contributed by atoms with van der Waals surface area (Å²) in [6.45, 7) is 0. The van der Waals surface area contributed by atoms with Crippen molar-refractivity contribution in [1.29, 1.82) is 0 Å². The van der Waals surface area contributed by atoms with Crippen LogP contribution >= 0.6 is 0 Å². The standard InChI is InChI=1S/C7H13NO/c1-8-7(9)6-4-2-3-5-6/h6H,2-5H2,1H3,(H,8,9)/p+1. The quantitative estimate of drug-likeness (QED) is 0.525. The molecule has 0 aromatic carbocycles. The van der Waals surface area contributed by atoms with Gasteiger partial charge in [-0.2, -0.15) is 0 Å². The first-order valence-corrected chi connectivity index (χ1v) is 3.68. The molecule has 1 aliphatic rings. The predicted molar refractivity (Wildman–Crippen MR) is 34.8 cm³/mol. The Labute approximate surface area is 55.6 Å². The molecule has 52 valence electrons. The largest absolute Gasteiger partial charge is 0.313 e. The highest BCUT2D eigenvalue weighted by atomic mass is 16.1. The fourth-order valence-corrected chi connectivity index (χ4v) is 1.45. The molecule has 0 aliphatic heterocycles. The highest BCUT2D eigenvalue weighted by Crippen LogP contribution is 2.23. The van der Waals surface area contributed by atoms with Crippen LogP contribution in [0.1, 0.15) is 25.7 Å². The van der Waals surface area contributed by atoms with Crippen LogP contribution < -0.4 is 5.32 Å². The highest BCUT2D eigenvalue weighted by Gasteiger charge is 2.24. The van der Waals surface area contributed by atoms with Crippen molar-refractivity contribution in [3.63, 3.8) is 0 Å². The third-order valence-electron chi connectivity index (χ3n) is 2.04. The van der Waals surface area contributed by atoms with Crippen molar-refractivity contribution in [1.82, 2.24) is 0 Å². The SMILES string of the molecule is C[NH2+]C(=O)C1CCCC1. The molecule has 0 heterocycles. The van der Waals surface area contributed by atoms with Crippen LogP contribution in [0.5, 0.6) is 0 Å². The van der Waals surface area contributed by atoms with Gasteiger partial charge >= 0.3 is 5.91 Å². The summed E-state index contributed by atoms with van der Waals surface area (Å²) >= 11 is 0. The Balaban J connectivity index is 2.32. The molecule has 0 bridgehead atoms. The molecule has 1 saturated carbocycles. The second kappa shape index (κ2) is 2.97. The van der Waals surface area contributed by atoms with Gasteiger partial charge in [0.1, 0.15) is 0 Å². The third kappa shape index (κ3) is 1.52. The molecule has 1 rings (SSSR count). The first-order chi connectivity index (χ1) is 4.34. The number of quaternary nitrogens is 1. The second-order valence-electron chi connectivity index (χ2n) is 2.67. The number of hydrogen-bond donors (Lipinski definition) is 1. The molecule has 0 spiro atoms. The lowest BCUT2D eigenvalue weighted by atomic mass is 10.1. The summed E-state index contributed by atoms with van der Waals surface area (Å²) in [4.78, 5) is 11.0. The Morgan fingerprint density at radius 1 is 1.44 bits per heavy atom. The highest BCUT2D eigenvalue weighted by molar-refractivity contribution is 5.68. The normalized spacial score (nSPS) is 20.6. The van der Waals surface area contributed by atoms with Gasteiger partial charge in [-0.05, 0) is 12.8 Å². The van der Waals surface area contributed by atoms with E-state index in [0.717, 1.165) is 12.8 Å². The molecule has 0 aromatic heterocycles. The molecule has 2 N–H and O–H groups in total. The smallest absolute Gasteiger partial charge is 0.285 e. The molecule has 1 amide bonds. The van der Waals surface area contributed by atoms with Gasteiger partial charge in [0.15, 0.2) is 0 Å². The van der Waals surface area contributed by atoms with Gasteiger partial charge in [0, 0.05) is 0 Å². The van der Waals surface area contributed by atoms with Crippen LogP contribution in [0.25, 0.3) is 0 Å². The maximum absolute atomic E-state index is 11.0. The summed E-state index contributed by atoms with van der Waals surface area (Å²) in [5, 5.41) is 1.70. The van der Waals surface area contributed by atoms with Crippen molar-refractivity contribution in [3.8, 4) is 0 Å². The zero-order valence-corrected chi connectivity index (χ0v) is 5.89. The van der Waals surface area contributed by atoms with Crippen molar-refractivity contribution in [3.05, 3.63) is 0 Å². The number of hydrogen-bond acceptors (Lipinski definition) is 1. The van der Waals surface area contributed by atoms with E-state index in [1.54, 1.807) is 5.32 Å². The summed E-state index contributed by atoms with van der Waals surface area (Å²) < 4.78 is 0. The monoisotopic (exact) mass is 128 g/mol. The summed E-state index contributed by atoms with van der Waals surface area (Å²) in [6, 6.07) is 0. The Kier molecular flexibility index (Phi) is 2.22. The Morgan fingerprint density at radius 3 is 2.44 bits per heavy atom. The molecular weight excluding hydrogens is 114 g/mol. The minimum Gasteiger partial charge on any atom is -0.285 e. The van der Waals surface area contributed by atoms with Crippen LogP contribution in [-0.2, 0) is 4.79 Å². The van der Waals surface area contributed by atoms with E-state index in [2.05, 4.69) is 0 Å². The first-order valence-electron chi connectivity index (χ1n) is 3.68. The van der Waals surface area contributed by atoms with Crippen LogP contribution in [0.4, 0.5) is 0 Å². The fourth-order valence-electron chi connectivity index (χ4n) is 1.45. The number of rotatable bonds is 1. The zero-order chi connectivity index (χ0) is 6.69. The number of nitrogens with two attached hydrogens (primary N) is 1. The molecule has 0 radical (unpaired) electrons. The van der Waals surface area contributed by atoms with Crippen molar-refractivity contribution >= 4 is 5.91 Å². The van der Waals surface area contributed by atoms with Crippen molar-refractivity contribution in [2.75, 3.05) is 7.05 Å². The molecule has 2 heteroatoms. The van der Waals surface area contributed by atoms with E-state index in [9.17, 15) is 4.79 Å². The van der Waals surface area contributed by atoms with Gasteiger partial charge in [-0.25, -0.2) is 4.79 Å². The minimum absolute atomic E-state index is 0.354. The Morgan fingerprint density at radius 2 is 2.00 bits per heavy atom. The van der Waals surface area contributed by atoms with Gasteiger partial charge in [0.05, 0.1) is 13.0 Å². The maximum Gasteiger partial charge on any atom is 0.313 e. The molecule has 2 nitrogen and oxygen atoms in total. The first kappa shape index (κ1) is 6.75. The van der Waals surface area contributed by atoms with Gasteiger partial charge < -0.3 is 0 Å². The Bertz CT molecular complexity index is 105. The van der Waals surface area contributed by atoms with E-state index in [0.29, 0.717) is 11.8 Å². The summed E-state index contributed by atoms with van der Waals surface area (Å²) in [6.07, 6.45) is 4.76. The summed E-state index contributed by atoms with van der Waals surface area (Å²) in [5.74, 6) is 0.738. The van der Waals surface area contributed by atoms with E-state index < -0.39 is 0 Å². The number of amides is 1. The summed E-state index contributed by atoms with van der Waals surface area (Å²) in [5.41, 5.74) is 0. The van der Waals surface area contributed by atoms with E-state index in [4.69, 9.17) is 0 Å². The molecule has 1 fully saturated rings. The van der Waals surface area contributed by atoms with Gasteiger partial charge in [0.25, 0.3) is 0 Å². The van der Waals surface area contributed by atoms with E-state index in [1.807, 2.05) is 7.05 Å². The van der Waals surface area contributed by atoms with Gasteiger partial charge in [-0.1, -0.05) is 12.8 Å². The van der Waals surface area contributed by atoms with Crippen LogP contribution in [0.3, 0.4) is 0 Å². The number of carbonyl (C=O) groups excluding carboxylic acids is 1. The average Bonchev–Trinajstić information content (AvgIpc) is 2.37. The third-order valence-corrected chi connectivity index (χ3v) is 2.04. The van der Waals surface area contributed by atoms with Crippen LogP contribution in [0, 0.1) is 5.92 Å². The maximum atomic E-state index is 11.0. The van der Waals surface area contributed by atoms with E-state index >= 15 is 0 Å². The second-order valence-corrected chi connectivity index (χ2v) is 2.67. The summed E-state index contributed by atoms with van der Waals surface area (Å²) in [7, 11) is 1.83.